The van der Waals surface area contributed by atoms with Gasteiger partial charge in [-0.05, 0) is 24.3 Å². The predicted molar refractivity (Wildman–Crippen MR) is 68.2 cm³/mol. The molecule has 1 heterocycles. The molecule has 2 rings (SSSR count). The van der Waals surface area contributed by atoms with Crippen molar-refractivity contribution in [3.05, 3.63) is 24.3 Å². The average Bonchev–Trinajstić information content (AvgIpc) is 2.63. The second-order valence-electron chi connectivity index (χ2n) is 3.40. The van der Waals surface area contributed by atoms with Gasteiger partial charge in [0.2, 0.25) is 15.2 Å². The van der Waals surface area contributed by atoms with E-state index in [2.05, 4.69) is 14.9 Å². The summed E-state index contributed by atoms with van der Waals surface area (Å²) in [5.74, 6) is 0. The highest BCUT2D eigenvalue weighted by atomic mass is 32.2. The van der Waals surface area contributed by atoms with Gasteiger partial charge in [-0.15, -0.1) is 10.2 Å². The molecule has 0 fully saturated rings. The van der Waals surface area contributed by atoms with Crippen molar-refractivity contribution in [1.29, 1.82) is 0 Å². The number of hydrogen-bond donors (Lipinski definition) is 2. The lowest BCUT2D eigenvalue weighted by molar-refractivity contribution is 0.607. The highest BCUT2D eigenvalue weighted by molar-refractivity contribution is 7.92. The molecule has 0 amide bonds. The minimum atomic E-state index is -3.25. The Labute approximate surface area is 103 Å². The summed E-state index contributed by atoms with van der Waals surface area (Å²) < 4.78 is 24.4. The van der Waals surface area contributed by atoms with Crippen LogP contribution in [-0.2, 0) is 10.0 Å². The van der Waals surface area contributed by atoms with E-state index in [1.54, 1.807) is 24.3 Å². The van der Waals surface area contributed by atoms with Gasteiger partial charge in [0.1, 0.15) is 5.01 Å². The summed E-state index contributed by atoms with van der Waals surface area (Å²) in [5, 5.41) is 8.71. The minimum Gasteiger partial charge on any atom is -0.374 e. The molecule has 90 valence electrons. The van der Waals surface area contributed by atoms with Crippen LogP contribution in [0.3, 0.4) is 0 Å². The quantitative estimate of drug-likeness (QED) is 0.872. The largest absolute Gasteiger partial charge is 0.374 e. The second kappa shape index (κ2) is 4.30. The molecule has 1 aromatic heterocycles. The van der Waals surface area contributed by atoms with Crippen molar-refractivity contribution in [2.45, 2.75) is 0 Å². The van der Waals surface area contributed by atoms with Gasteiger partial charge in [-0.1, -0.05) is 11.3 Å². The van der Waals surface area contributed by atoms with Crippen molar-refractivity contribution < 1.29 is 8.42 Å². The fraction of sp³-hybridized carbons (Fsp3) is 0.111. The van der Waals surface area contributed by atoms with Crippen LogP contribution >= 0.6 is 11.3 Å². The molecule has 0 aliphatic heterocycles. The average molecular weight is 270 g/mol. The van der Waals surface area contributed by atoms with Crippen molar-refractivity contribution in [3.63, 3.8) is 0 Å². The van der Waals surface area contributed by atoms with E-state index in [1.165, 1.54) is 11.3 Å². The van der Waals surface area contributed by atoms with Crippen LogP contribution in [0.2, 0.25) is 0 Å². The standard InChI is InChI=1S/C9H10N4O2S2/c1-17(14,15)13-7-4-2-6(3-5-7)8-11-12-9(10)16-8/h2-5,13H,1H3,(H2,10,12). The van der Waals surface area contributed by atoms with Crippen molar-refractivity contribution in [2.75, 3.05) is 16.7 Å². The molecular weight excluding hydrogens is 260 g/mol. The molecular formula is C9H10N4O2S2. The van der Waals surface area contributed by atoms with E-state index in [0.717, 1.165) is 11.8 Å². The number of nitrogen functional groups attached to an aromatic ring is 1. The number of nitrogens with one attached hydrogen (secondary N) is 1. The Bertz CT molecular complexity index is 619. The molecule has 0 saturated carbocycles. The summed E-state index contributed by atoms with van der Waals surface area (Å²) in [4.78, 5) is 0. The topological polar surface area (TPSA) is 98.0 Å². The van der Waals surface area contributed by atoms with Crippen LogP contribution in [0, 0.1) is 0 Å². The maximum absolute atomic E-state index is 11.0. The first kappa shape index (κ1) is 11.8. The monoisotopic (exact) mass is 270 g/mol. The Kier molecular flexibility index (Phi) is 2.99. The van der Waals surface area contributed by atoms with Crippen molar-refractivity contribution in [3.8, 4) is 10.6 Å². The molecule has 0 saturated heterocycles. The normalized spacial score (nSPS) is 11.4. The highest BCUT2D eigenvalue weighted by Crippen LogP contribution is 2.25. The zero-order chi connectivity index (χ0) is 12.5. The first-order valence-electron chi connectivity index (χ1n) is 4.61. The fourth-order valence-corrected chi connectivity index (χ4v) is 2.43. The Hall–Kier alpha value is -1.67. The number of aromatic nitrogens is 2. The molecule has 6 nitrogen and oxygen atoms in total. The van der Waals surface area contributed by atoms with E-state index < -0.39 is 10.0 Å². The third kappa shape index (κ3) is 3.14. The maximum atomic E-state index is 11.0. The number of nitrogens with two attached hydrogens (primary N) is 1. The zero-order valence-corrected chi connectivity index (χ0v) is 10.5. The van der Waals surface area contributed by atoms with E-state index in [4.69, 9.17) is 5.73 Å². The molecule has 0 spiro atoms. The van der Waals surface area contributed by atoms with Crippen LogP contribution in [0.5, 0.6) is 0 Å². The number of nitrogens with zero attached hydrogens (tertiary/aromatic N) is 2. The van der Waals surface area contributed by atoms with Crippen molar-refractivity contribution >= 4 is 32.2 Å². The lowest BCUT2D eigenvalue weighted by atomic mass is 10.2. The van der Waals surface area contributed by atoms with Crippen molar-refractivity contribution in [2.24, 2.45) is 0 Å². The molecule has 8 heteroatoms. The van der Waals surface area contributed by atoms with E-state index >= 15 is 0 Å². The van der Waals surface area contributed by atoms with E-state index in [0.29, 0.717) is 15.8 Å². The van der Waals surface area contributed by atoms with Gasteiger partial charge < -0.3 is 5.73 Å². The molecule has 0 atom stereocenters. The third-order valence-corrected chi connectivity index (χ3v) is 3.28. The Morgan fingerprint density at radius 1 is 1.24 bits per heavy atom. The SMILES string of the molecule is CS(=O)(=O)Nc1ccc(-c2nnc(N)s2)cc1. The van der Waals surface area contributed by atoms with Gasteiger partial charge in [-0.3, -0.25) is 4.72 Å². The Balaban J connectivity index is 2.24. The van der Waals surface area contributed by atoms with Gasteiger partial charge >= 0.3 is 0 Å². The van der Waals surface area contributed by atoms with Gasteiger partial charge in [0.05, 0.1) is 6.26 Å². The summed E-state index contributed by atoms with van der Waals surface area (Å²) in [7, 11) is -3.25. The zero-order valence-electron chi connectivity index (χ0n) is 8.91. The third-order valence-electron chi connectivity index (χ3n) is 1.88. The predicted octanol–water partition coefficient (Wildman–Crippen LogP) is 1.16. The lowest BCUT2D eigenvalue weighted by Gasteiger charge is -2.03. The minimum absolute atomic E-state index is 0.401. The smallest absolute Gasteiger partial charge is 0.229 e. The molecule has 0 aliphatic carbocycles. The Morgan fingerprint density at radius 2 is 1.88 bits per heavy atom. The van der Waals surface area contributed by atoms with Crippen LogP contribution in [0.1, 0.15) is 0 Å². The molecule has 0 aliphatic rings. The molecule has 0 bridgehead atoms. The second-order valence-corrected chi connectivity index (χ2v) is 6.15. The first-order chi connectivity index (χ1) is 7.94. The lowest BCUT2D eigenvalue weighted by Crippen LogP contribution is -2.09. The number of benzene rings is 1. The van der Waals surface area contributed by atoms with E-state index in [9.17, 15) is 8.42 Å². The van der Waals surface area contributed by atoms with Crippen molar-refractivity contribution in [1.82, 2.24) is 10.2 Å². The van der Waals surface area contributed by atoms with Crippen LogP contribution in [0.4, 0.5) is 10.8 Å². The Morgan fingerprint density at radius 3 is 2.35 bits per heavy atom. The van der Waals surface area contributed by atoms with Gasteiger partial charge in [0.25, 0.3) is 0 Å². The molecule has 3 N–H and O–H groups in total. The van der Waals surface area contributed by atoms with E-state index in [-0.39, 0.29) is 0 Å². The number of sulfonamides is 1. The first-order valence-corrected chi connectivity index (χ1v) is 7.32. The van der Waals surface area contributed by atoms with Gasteiger partial charge in [-0.25, -0.2) is 8.42 Å². The van der Waals surface area contributed by atoms with Crippen LogP contribution in [0.25, 0.3) is 10.6 Å². The van der Waals surface area contributed by atoms with Gasteiger partial charge in [0, 0.05) is 11.3 Å². The maximum Gasteiger partial charge on any atom is 0.229 e. The van der Waals surface area contributed by atoms with Crippen LogP contribution in [0.15, 0.2) is 24.3 Å². The number of anilines is 2. The van der Waals surface area contributed by atoms with E-state index in [1.807, 2.05) is 0 Å². The molecule has 0 radical (unpaired) electrons. The number of hydrogen-bond acceptors (Lipinski definition) is 6. The molecule has 2 aromatic rings. The van der Waals surface area contributed by atoms with Gasteiger partial charge in [-0.2, -0.15) is 0 Å². The van der Waals surface area contributed by atoms with Crippen LogP contribution in [-0.4, -0.2) is 24.9 Å². The fourth-order valence-electron chi connectivity index (χ4n) is 1.25. The molecule has 1 aromatic carbocycles. The number of rotatable bonds is 3. The van der Waals surface area contributed by atoms with Gasteiger partial charge in [0.15, 0.2) is 0 Å². The molecule has 0 unspecified atom stereocenters. The summed E-state index contributed by atoms with van der Waals surface area (Å²) in [6.45, 7) is 0. The summed E-state index contributed by atoms with van der Waals surface area (Å²) in [6.07, 6.45) is 1.10. The summed E-state index contributed by atoms with van der Waals surface area (Å²) in [5.41, 5.74) is 6.84. The summed E-state index contributed by atoms with van der Waals surface area (Å²) in [6, 6.07) is 6.84. The molecule has 17 heavy (non-hydrogen) atoms. The highest BCUT2D eigenvalue weighted by Gasteiger charge is 2.05. The van der Waals surface area contributed by atoms with Crippen LogP contribution < -0.4 is 10.5 Å². The summed E-state index contributed by atoms with van der Waals surface area (Å²) >= 11 is 1.28.